The number of aldehydes is 1. The van der Waals surface area contributed by atoms with E-state index in [1.165, 1.54) is 0 Å². The van der Waals surface area contributed by atoms with Gasteiger partial charge in [-0.2, -0.15) is 0 Å². The number of rotatable bonds is 4. The van der Waals surface area contributed by atoms with Gasteiger partial charge in [-0.3, -0.25) is 0 Å². The van der Waals surface area contributed by atoms with Crippen LogP contribution < -0.4 is 4.74 Å². The summed E-state index contributed by atoms with van der Waals surface area (Å²) in [5.41, 5.74) is 0. The predicted molar refractivity (Wildman–Crippen MR) is 48.9 cm³/mol. The van der Waals surface area contributed by atoms with Gasteiger partial charge < -0.3 is 14.6 Å². The Hall–Kier alpha value is -1.51. The Bertz CT molecular complexity index is 266. The molecule has 1 N–H and O–H groups in total. The van der Waals surface area contributed by atoms with Crippen LogP contribution in [0.5, 0.6) is 11.5 Å². The molecule has 1 unspecified atom stereocenters. The first-order chi connectivity index (χ1) is 6.22. The van der Waals surface area contributed by atoms with Crippen LogP contribution in [0.1, 0.15) is 13.3 Å². The highest BCUT2D eigenvalue weighted by molar-refractivity contribution is 5.50. The highest BCUT2D eigenvalue weighted by Crippen LogP contribution is 2.17. The number of ether oxygens (including phenoxy) is 1. The van der Waals surface area contributed by atoms with E-state index in [1.54, 1.807) is 24.3 Å². The predicted octanol–water partition coefficient (Wildman–Crippen LogP) is 1.75. The molecule has 1 aromatic rings. The second-order valence-corrected chi connectivity index (χ2v) is 2.82. The van der Waals surface area contributed by atoms with Crippen molar-refractivity contribution < 1.29 is 14.6 Å². The Morgan fingerprint density at radius 1 is 1.46 bits per heavy atom. The average molecular weight is 180 g/mol. The first-order valence-electron chi connectivity index (χ1n) is 4.11. The fourth-order valence-electron chi connectivity index (χ4n) is 0.941. The van der Waals surface area contributed by atoms with E-state index in [2.05, 4.69) is 0 Å². The second kappa shape index (κ2) is 4.50. The van der Waals surface area contributed by atoms with Crippen LogP contribution in [-0.2, 0) is 4.79 Å². The molecule has 0 fully saturated rings. The normalized spacial score (nSPS) is 12.1. The standard InChI is InChI=1S/C10H12O3/c1-8(6-7-11)13-10-4-2-9(12)3-5-10/h2-5,7-8,12H,6H2,1H3. The maximum Gasteiger partial charge on any atom is 0.123 e. The Morgan fingerprint density at radius 2 is 2.08 bits per heavy atom. The third-order valence-corrected chi connectivity index (χ3v) is 1.60. The molecule has 0 bridgehead atoms. The van der Waals surface area contributed by atoms with Crippen molar-refractivity contribution in [2.45, 2.75) is 19.4 Å². The minimum atomic E-state index is -0.123. The van der Waals surface area contributed by atoms with Crippen LogP contribution in [0, 0.1) is 0 Å². The molecule has 3 nitrogen and oxygen atoms in total. The number of hydrogen-bond acceptors (Lipinski definition) is 3. The minimum absolute atomic E-state index is 0.123. The first-order valence-corrected chi connectivity index (χ1v) is 4.11. The number of phenols is 1. The van der Waals surface area contributed by atoms with E-state index in [4.69, 9.17) is 9.84 Å². The molecular weight excluding hydrogens is 168 g/mol. The van der Waals surface area contributed by atoms with E-state index in [1.807, 2.05) is 6.92 Å². The molecule has 0 radical (unpaired) electrons. The fraction of sp³-hybridized carbons (Fsp3) is 0.300. The van der Waals surface area contributed by atoms with E-state index >= 15 is 0 Å². The molecule has 1 atom stereocenters. The van der Waals surface area contributed by atoms with E-state index in [9.17, 15) is 4.79 Å². The molecule has 0 spiro atoms. The van der Waals surface area contributed by atoms with Crippen molar-refractivity contribution in [1.82, 2.24) is 0 Å². The maximum absolute atomic E-state index is 10.1. The zero-order chi connectivity index (χ0) is 9.68. The van der Waals surface area contributed by atoms with E-state index in [-0.39, 0.29) is 11.9 Å². The first kappa shape index (κ1) is 9.58. The van der Waals surface area contributed by atoms with Crippen LogP contribution in [0.3, 0.4) is 0 Å². The van der Waals surface area contributed by atoms with Crippen LogP contribution >= 0.6 is 0 Å². The summed E-state index contributed by atoms with van der Waals surface area (Å²) in [4.78, 5) is 10.1. The monoisotopic (exact) mass is 180 g/mol. The third-order valence-electron chi connectivity index (χ3n) is 1.60. The third kappa shape index (κ3) is 3.15. The molecule has 0 saturated heterocycles. The van der Waals surface area contributed by atoms with Crippen LogP contribution in [-0.4, -0.2) is 17.5 Å². The summed E-state index contributed by atoms with van der Waals surface area (Å²) in [7, 11) is 0. The second-order valence-electron chi connectivity index (χ2n) is 2.82. The fourth-order valence-corrected chi connectivity index (χ4v) is 0.941. The van der Waals surface area contributed by atoms with Gasteiger partial charge in [-0.1, -0.05) is 0 Å². The molecule has 70 valence electrons. The molecule has 1 rings (SSSR count). The smallest absolute Gasteiger partial charge is 0.123 e. The Balaban J connectivity index is 2.53. The highest BCUT2D eigenvalue weighted by Gasteiger charge is 2.02. The van der Waals surface area contributed by atoms with Crippen molar-refractivity contribution in [1.29, 1.82) is 0 Å². The summed E-state index contributed by atoms with van der Waals surface area (Å²) in [6.07, 6.45) is 1.08. The zero-order valence-electron chi connectivity index (χ0n) is 7.43. The molecule has 0 heterocycles. The van der Waals surface area contributed by atoms with E-state index < -0.39 is 0 Å². The number of aromatic hydroxyl groups is 1. The lowest BCUT2D eigenvalue weighted by Crippen LogP contribution is -2.11. The molecule has 0 aliphatic carbocycles. The Kier molecular flexibility index (Phi) is 3.31. The van der Waals surface area contributed by atoms with Gasteiger partial charge in [0, 0.05) is 6.42 Å². The van der Waals surface area contributed by atoms with Crippen molar-refractivity contribution in [3.63, 3.8) is 0 Å². The van der Waals surface area contributed by atoms with Crippen LogP contribution in [0.25, 0.3) is 0 Å². The summed E-state index contributed by atoms with van der Waals surface area (Å²) < 4.78 is 5.37. The summed E-state index contributed by atoms with van der Waals surface area (Å²) in [5.74, 6) is 0.863. The van der Waals surface area contributed by atoms with Gasteiger partial charge in [-0.05, 0) is 31.2 Å². The SMILES string of the molecule is CC(CC=O)Oc1ccc(O)cc1. The van der Waals surface area contributed by atoms with Gasteiger partial charge in [-0.15, -0.1) is 0 Å². The highest BCUT2D eigenvalue weighted by atomic mass is 16.5. The van der Waals surface area contributed by atoms with Gasteiger partial charge in [0.15, 0.2) is 0 Å². The molecule has 0 aliphatic heterocycles. The summed E-state index contributed by atoms with van der Waals surface area (Å²) in [6.45, 7) is 1.82. The number of carbonyl (C=O) groups excluding carboxylic acids is 1. The summed E-state index contributed by atoms with van der Waals surface area (Å²) in [5, 5.41) is 8.98. The lowest BCUT2D eigenvalue weighted by Gasteiger charge is -2.11. The van der Waals surface area contributed by atoms with Crippen molar-refractivity contribution in [3.8, 4) is 11.5 Å². The largest absolute Gasteiger partial charge is 0.508 e. The molecule has 0 aliphatic rings. The molecular formula is C10H12O3. The number of carbonyl (C=O) groups is 1. The van der Waals surface area contributed by atoms with Crippen molar-refractivity contribution in [2.24, 2.45) is 0 Å². The van der Waals surface area contributed by atoms with Gasteiger partial charge in [-0.25, -0.2) is 0 Å². The minimum Gasteiger partial charge on any atom is -0.508 e. The summed E-state index contributed by atoms with van der Waals surface area (Å²) in [6, 6.07) is 6.42. The zero-order valence-corrected chi connectivity index (χ0v) is 7.43. The number of phenolic OH excluding ortho intramolecular Hbond substituents is 1. The molecule has 13 heavy (non-hydrogen) atoms. The van der Waals surface area contributed by atoms with Crippen LogP contribution in [0.15, 0.2) is 24.3 Å². The lowest BCUT2D eigenvalue weighted by atomic mass is 10.3. The summed E-state index contributed by atoms with van der Waals surface area (Å²) >= 11 is 0. The number of hydrogen-bond donors (Lipinski definition) is 1. The van der Waals surface area contributed by atoms with Gasteiger partial charge in [0.2, 0.25) is 0 Å². The van der Waals surface area contributed by atoms with Crippen molar-refractivity contribution >= 4 is 6.29 Å². The van der Waals surface area contributed by atoms with E-state index in [0.717, 1.165) is 6.29 Å². The Morgan fingerprint density at radius 3 is 2.62 bits per heavy atom. The molecule has 0 aromatic heterocycles. The van der Waals surface area contributed by atoms with Gasteiger partial charge in [0.25, 0.3) is 0 Å². The topological polar surface area (TPSA) is 46.5 Å². The van der Waals surface area contributed by atoms with Gasteiger partial charge >= 0.3 is 0 Å². The average Bonchev–Trinajstić information content (AvgIpc) is 2.09. The molecule has 0 saturated carbocycles. The maximum atomic E-state index is 10.1. The molecule has 1 aromatic carbocycles. The van der Waals surface area contributed by atoms with Crippen molar-refractivity contribution in [2.75, 3.05) is 0 Å². The lowest BCUT2D eigenvalue weighted by molar-refractivity contribution is -0.109. The Labute approximate surface area is 77.0 Å². The van der Waals surface area contributed by atoms with Crippen molar-refractivity contribution in [3.05, 3.63) is 24.3 Å². The van der Waals surface area contributed by atoms with Gasteiger partial charge in [0.1, 0.15) is 23.9 Å². The molecule has 3 heteroatoms. The quantitative estimate of drug-likeness (QED) is 0.718. The van der Waals surface area contributed by atoms with E-state index in [0.29, 0.717) is 12.2 Å². The molecule has 0 amide bonds. The van der Waals surface area contributed by atoms with Gasteiger partial charge in [0.05, 0.1) is 0 Å². The van der Waals surface area contributed by atoms with Crippen LogP contribution in [0.2, 0.25) is 0 Å². The van der Waals surface area contributed by atoms with Crippen LogP contribution in [0.4, 0.5) is 0 Å². The number of benzene rings is 1.